The van der Waals surface area contributed by atoms with Crippen molar-refractivity contribution in [2.75, 3.05) is 31.5 Å². The summed E-state index contributed by atoms with van der Waals surface area (Å²) in [5, 5.41) is 16.2. The van der Waals surface area contributed by atoms with Crippen LogP contribution in [-0.4, -0.2) is 47.5 Å². The summed E-state index contributed by atoms with van der Waals surface area (Å²) in [6, 6.07) is 12.2. The normalized spacial score (nSPS) is 12.9. The number of aromatic nitrogens is 1. The van der Waals surface area contributed by atoms with Gasteiger partial charge in [0.2, 0.25) is 0 Å². The van der Waals surface area contributed by atoms with Crippen molar-refractivity contribution in [2.24, 2.45) is 0 Å². The first kappa shape index (κ1) is 22.1. The molecule has 0 spiro atoms. The SMILES string of the molecule is CCCN(CCNc1ncccc1C(F)(F)F)C(O)NCCc1ccccc1. The van der Waals surface area contributed by atoms with E-state index in [0.717, 1.165) is 18.9 Å². The Balaban J connectivity index is 1.83. The number of alkyl halides is 3. The van der Waals surface area contributed by atoms with Crippen molar-refractivity contribution < 1.29 is 18.3 Å². The van der Waals surface area contributed by atoms with Crippen LogP contribution in [0, 0.1) is 0 Å². The minimum absolute atomic E-state index is 0.196. The molecule has 0 bridgehead atoms. The molecule has 28 heavy (non-hydrogen) atoms. The lowest BCUT2D eigenvalue weighted by molar-refractivity contribution is -0.137. The first-order chi connectivity index (χ1) is 13.4. The summed E-state index contributed by atoms with van der Waals surface area (Å²) in [6.45, 7) is 3.81. The standard InChI is InChI=1S/C20H27F3N4O/c1-2-14-27(19(28)26-12-10-16-7-4-3-5-8-16)15-13-25-18-17(20(21,22)23)9-6-11-24-18/h3-9,11,19,26,28H,2,10,12-15H2,1H3,(H,24,25). The molecule has 1 atom stereocenters. The van der Waals surface area contributed by atoms with E-state index in [1.54, 1.807) is 4.90 Å². The van der Waals surface area contributed by atoms with E-state index in [1.165, 1.54) is 17.8 Å². The average Bonchev–Trinajstić information content (AvgIpc) is 2.67. The Labute approximate surface area is 163 Å². The van der Waals surface area contributed by atoms with Gasteiger partial charge in [0.1, 0.15) is 5.82 Å². The quantitative estimate of drug-likeness (QED) is 0.509. The summed E-state index contributed by atoms with van der Waals surface area (Å²) in [5.74, 6) is -0.196. The Morgan fingerprint density at radius 3 is 2.50 bits per heavy atom. The number of anilines is 1. The third kappa shape index (κ3) is 7.10. The van der Waals surface area contributed by atoms with Gasteiger partial charge in [-0.3, -0.25) is 10.2 Å². The Hall–Kier alpha value is -2.16. The molecule has 0 aliphatic carbocycles. The van der Waals surface area contributed by atoms with Crippen LogP contribution in [0.4, 0.5) is 19.0 Å². The van der Waals surface area contributed by atoms with Crippen molar-refractivity contribution >= 4 is 5.82 Å². The molecule has 1 unspecified atom stereocenters. The van der Waals surface area contributed by atoms with Gasteiger partial charge in [0, 0.05) is 32.4 Å². The highest BCUT2D eigenvalue weighted by Crippen LogP contribution is 2.33. The summed E-state index contributed by atoms with van der Waals surface area (Å²) in [7, 11) is 0. The van der Waals surface area contributed by atoms with Gasteiger partial charge >= 0.3 is 6.18 Å². The van der Waals surface area contributed by atoms with E-state index in [1.807, 2.05) is 37.3 Å². The summed E-state index contributed by atoms with van der Waals surface area (Å²) < 4.78 is 39.1. The van der Waals surface area contributed by atoms with Gasteiger partial charge in [-0.1, -0.05) is 37.3 Å². The highest BCUT2D eigenvalue weighted by atomic mass is 19.4. The van der Waals surface area contributed by atoms with Crippen LogP contribution < -0.4 is 10.6 Å². The number of halogens is 3. The molecule has 8 heteroatoms. The van der Waals surface area contributed by atoms with Crippen molar-refractivity contribution in [1.29, 1.82) is 0 Å². The van der Waals surface area contributed by atoms with Crippen molar-refractivity contribution in [3.63, 3.8) is 0 Å². The molecular weight excluding hydrogens is 369 g/mol. The number of hydrogen-bond acceptors (Lipinski definition) is 5. The number of nitrogens with one attached hydrogen (secondary N) is 2. The Kier molecular flexibility index (Phi) is 8.69. The summed E-state index contributed by atoms with van der Waals surface area (Å²) in [4.78, 5) is 5.57. The molecule has 1 heterocycles. The Morgan fingerprint density at radius 2 is 1.82 bits per heavy atom. The number of aliphatic hydroxyl groups is 1. The molecular formula is C20H27F3N4O. The molecule has 0 amide bonds. The number of nitrogens with zero attached hydrogens (tertiary/aromatic N) is 2. The smallest absolute Gasteiger partial charge is 0.368 e. The van der Waals surface area contributed by atoms with Crippen LogP contribution >= 0.6 is 0 Å². The Bertz CT molecular complexity index is 697. The number of benzene rings is 1. The molecule has 1 aromatic heterocycles. The number of hydrogen-bond donors (Lipinski definition) is 3. The molecule has 0 saturated carbocycles. The van der Waals surface area contributed by atoms with Gasteiger partial charge in [-0.2, -0.15) is 13.2 Å². The summed E-state index contributed by atoms with van der Waals surface area (Å²) in [5.41, 5.74) is 0.374. The molecule has 0 aliphatic rings. The Morgan fingerprint density at radius 1 is 1.07 bits per heavy atom. The minimum Gasteiger partial charge on any atom is -0.368 e. The van der Waals surface area contributed by atoms with Gasteiger partial charge in [0.25, 0.3) is 0 Å². The lowest BCUT2D eigenvalue weighted by Crippen LogP contribution is -2.48. The van der Waals surface area contributed by atoms with Crippen LogP contribution in [0.3, 0.4) is 0 Å². The van der Waals surface area contributed by atoms with E-state index in [-0.39, 0.29) is 12.4 Å². The maximum atomic E-state index is 13.0. The minimum atomic E-state index is -4.46. The number of rotatable bonds is 11. The zero-order chi connectivity index (χ0) is 20.4. The van der Waals surface area contributed by atoms with Gasteiger partial charge in [-0.15, -0.1) is 0 Å². The molecule has 2 aromatic rings. The van der Waals surface area contributed by atoms with E-state index in [4.69, 9.17) is 0 Å². The van der Waals surface area contributed by atoms with E-state index in [2.05, 4.69) is 15.6 Å². The zero-order valence-electron chi connectivity index (χ0n) is 15.9. The first-order valence-corrected chi connectivity index (χ1v) is 9.37. The van der Waals surface area contributed by atoms with Crippen molar-refractivity contribution in [2.45, 2.75) is 32.3 Å². The zero-order valence-corrected chi connectivity index (χ0v) is 15.9. The van der Waals surface area contributed by atoms with Crippen molar-refractivity contribution in [3.05, 3.63) is 59.8 Å². The molecule has 3 N–H and O–H groups in total. The van der Waals surface area contributed by atoms with Gasteiger partial charge in [0.15, 0.2) is 6.35 Å². The fraction of sp³-hybridized carbons (Fsp3) is 0.450. The van der Waals surface area contributed by atoms with E-state index < -0.39 is 18.1 Å². The highest BCUT2D eigenvalue weighted by molar-refractivity contribution is 5.45. The number of pyridine rings is 1. The summed E-state index contributed by atoms with van der Waals surface area (Å²) in [6.07, 6.45) is -2.41. The maximum absolute atomic E-state index is 13.0. The highest BCUT2D eigenvalue weighted by Gasteiger charge is 2.34. The van der Waals surface area contributed by atoms with Gasteiger partial charge in [0.05, 0.1) is 5.56 Å². The molecule has 0 fully saturated rings. The maximum Gasteiger partial charge on any atom is 0.419 e. The van der Waals surface area contributed by atoms with Gasteiger partial charge in [-0.05, 0) is 30.5 Å². The largest absolute Gasteiger partial charge is 0.419 e. The molecule has 2 rings (SSSR count). The predicted octanol–water partition coefficient (Wildman–Crippen LogP) is 3.33. The van der Waals surface area contributed by atoms with Crippen LogP contribution in [-0.2, 0) is 12.6 Å². The fourth-order valence-electron chi connectivity index (χ4n) is 2.86. The fourth-order valence-corrected chi connectivity index (χ4v) is 2.86. The third-order valence-corrected chi connectivity index (χ3v) is 4.24. The second-order valence-electron chi connectivity index (χ2n) is 6.42. The first-order valence-electron chi connectivity index (χ1n) is 9.37. The van der Waals surface area contributed by atoms with Crippen LogP contribution in [0.5, 0.6) is 0 Å². The molecule has 0 radical (unpaired) electrons. The van der Waals surface area contributed by atoms with Crippen LogP contribution in [0.1, 0.15) is 24.5 Å². The molecule has 5 nitrogen and oxygen atoms in total. The van der Waals surface area contributed by atoms with Crippen molar-refractivity contribution in [3.8, 4) is 0 Å². The molecule has 0 saturated heterocycles. The second kappa shape index (κ2) is 11.0. The second-order valence-corrected chi connectivity index (χ2v) is 6.42. The van der Waals surface area contributed by atoms with Gasteiger partial charge in [-0.25, -0.2) is 4.98 Å². The average molecular weight is 396 g/mol. The molecule has 1 aromatic carbocycles. The van der Waals surface area contributed by atoms with Gasteiger partial charge < -0.3 is 10.4 Å². The lowest BCUT2D eigenvalue weighted by Gasteiger charge is -2.28. The third-order valence-electron chi connectivity index (χ3n) is 4.24. The van der Waals surface area contributed by atoms with Crippen LogP contribution in [0.2, 0.25) is 0 Å². The van der Waals surface area contributed by atoms with Crippen molar-refractivity contribution in [1.82, 2.24) is 15.2 Å². The van der Waals surface area contributed by atoms with E-state index >= 15 is 0 Å². The number of aliphatic hydroxyl groups excluding tert-OH is 1. The lowest BCUT2D eigenvalue weighted by atomic mass is 10.1. The van der Waals surface area contributed by atoms with Crippen LogP contribution in [0.15, 0.2) is 48.7 Å². The summed E-state index contributed by atoms with van der Waals surface area (Å²) >= 11 is 0. The van der Waals surface area contributed by atoms with E-state index in [9.17, 15) is 18.3 Å². The molecule has 154 valence electrons. The topological polar surface area (TPSA) is 60.4 Å². The predicted molar refractivity (Wildman–Crippen MR) is 104 cm³/mol. The monoisotopic (exact) mass is 396 g/mol. The molecule has 0 aliphatic heterocycles. The van der Waals surface area contributed by atoms with Crippen LogP contribution in [0.25, 0.3) is 0 Å². The van der Waals surface area contributed by atoms with E-state index in [0.29, 0.717) is 19.6 Å².